The van der Waals surface area contributed by atoms with Crippen LogP contribution in [0.4, 0.5) is 15.8 Å². The van der Waals surface area contributed by atoms with Gasteiger partial charge in [0, 0.05) is 6.04 Å². The van der Waals surface area contributed by atoms with Crippen molar-refractivity contribution in [1.82, 2.24) is 0 Å². The first-order valence-electron chi connectivity index (χ1n) is 7.65. The van der Waals surface area contributed by atoms with Gasteiger partial charge in [-0.15, -0.1) is 0 Å². The Morgan fingerprint density at radius 3 is 2.68 bits per heavy atom. The second kappa shape index (κ2) is 6.15. The van der Waals surface area contributed by atoms with E-state index in [1.54, 1.807) is 0 Å². The predicted molar refractivity (Wildman–Crippen MR) is 86.4 cm³/mol. The second-order valence-electron chi connectivity index (χ2n) is 7.17. The van der Waals surface area contributed by atoms with Crippen molar-refractivity contribution in [3.05, 3.63) is 23.5 Å². The summed E-state index contributed by atoms with van der Waals surface area (Å²) in [7, 11) is 1.22. The van der Waals surface area contributed by atoms with Crippen molar-refractivity contribution in [2.45, 2.75) is 46.1 Å². The Kier molecular flexibility index (Phi) is 4.63. The van der Waals surface area contributed by atoms with Gasteiger partial charge in [-0.05, 0) is 42.7 Å². The molecule has 3 N–H and O–H groups in total. The fraction of sp³-hybridized carbons (Fsp3) is 0.588. The first kappa shape index (κ1) is 16.6. The van der Waals surface area contributed by atoms with E-state index in [1.807, 2.05) is 0 Å². The number of nitrogens with one attached hydrogen (secondary N) is 1. The molecule has 1 aromatic carbocycles. The van der Waals surface area contributed by atoms with E-state index in [0.717, 1.165) is 12.8 Å². The van der Waals surface area contributed by atoms with Gasteiger partial charge < -0.3 is 15.8 Å². The maximum atomic E-state index is 14.1. The maximum Gasteiger partial charge on any atom is 0.340 e. The molecular weight excluding hydrogens is 283 g/mol. The third-order valence-corrected chi connectivity index (χ3v) is 4.29. The molecule has 1 aliphatic rings. The van der Waals surface area contributed by atoms with Gasteiger partial charge in [0.1, 0.15) is 5.82 Å². The number of hydrogen-bond donors (Lipinski definition) is 2. The van der Waals surface area contributed by atoms with Crippen LogP contribution < -0.4 is 11.1 Å². The molecule has 0 radical (unpaired) electrons. The summed E-state index contributed by atoms with van der Waals surface area (Å²) < 4.78 is 18.6. The van der Waals surface area contributed by atoms with Crippen LogP contribution >= 0.6 is 0 Å². The number of carbonyl (C=O) groups excluding carboxylic acids is 1. The Bertz CT molecular complexity index is 572. The quantitative estimate of drug-likeness (QED) is 0.658. The zero-order valence-electron chi connectivity index (χ0n) is 13.7. The van der Waals surface area contributed by atoms with Crippen molar-refractivity contribution >= 4 is 17.3 Å². The molecule has 1 fully saturated rings. The number of nitrogen functional groups attached to an aromatic ring is 1. The summed E-state index contributed by atoms with van der Waals surface area (Å²) in [6, 6.07) is 2.87. The summed E-state index contributed by atoms with van der Waals surface area (Å²) in [6.45, 7) is 6.74. The molecule has 2 unspecified atom stereocenters. The number of benzene rings is 1. The molecular formula is C17H25FN2O2. The fourth-order valence-corrected chi connectivity index (χ4v) is 3.66. The molecule has 4 nitrogen and oxygen atoms in total. The number of rotatable bonds is 3. The Labute approximate surface area is 131 Å². The summed E-state index contributed by atoms with van der Waals surface area (Å²) >= 11 is 0. The molecule has 0 aliphatic heterocycles. The van der Waals surface area contributed by atoms with E-state index in [0.29, 0.717) is 17.3 Å². The van der Waals surface area contributed by atoms with Gasteiger partial charge in [-0.2, -0.15) is 0 Å². The van der Waals surface area contributed by atoms with Gasteiger partial charge in [0.05, 0.1) is 24.0 Å². The molecule has 122 valence electrons. The lowest BCUT2D eigenvalue weighted by Crippen LogP contribution is -2.35. The van der Waals surface area contributed by atoms with Crippen LogP contribution in [-0.2, 0) is 4.74 Å². The minimum atomic E-state index is -0.719. The lowest BCUT2D eigenvalue weighted by molar-refractivity contribution is 0.0595. The average Bonchev–Trinajstić information content (AvgIpc) is 2.39. The Balaban J connectivity index is 2.20. The Morgan fingerprint density at radius 1 is 1.41 bits per heavy atom. The van der Waals surface area contributed by atoms with Crippen molar-refractivity contribution in [3.8, 4) is 0 Å². The monoisotopic (exact) mass is 308 g/mol. The van der Waals surface area contributed by atoms with Crippen LogP contribution in [0.15, 0.2) is 12.1 Å². The number of carbonyl (C=O) groups is 1. The molecule has 0 bridgehead atoms. The average molecular weight is 308 g/mol. The van der Waals surface area contributed by atoms with Crippen LogP contribution in [0.3, 0.4) is 0 Å². The number of ether oxygens (including phenoxy) is 1. The van der Waals surface area contributed by atoms with E-state index < -0.39 is 11.8 Å². The highest BCUT2D eigenvalue weighted by Gasteiger charge is 2.32. The smallest absolute Gasteiger partial charge is 0.340 e. The van der Waals surface area contributed by atoms with Crippen LogP contribution in [0.2, 0.25) is 0 Å². The summed E-state index contributed by atoms with van der Waals surface area (Å²) in [5, 5.41) is 3.34. The summed E-state index contributed by atoms with van der Waals surface area (Å²) in [4.78, 5) is 11.5. The molecule has 0 aromatic heterocycles. The van der Waals surface area contributed by atoms with Crippen LogP contribution in [0.5, 0.6) is 0 Å². The number of esters is 1. The van der Waals surface area contributed by atoms with Crippen molar-refractivity contribution < 1.29 is 13.9 Å². The van der Waals surface area contributed by atoms with E-state index in [9.17, 15) is 9.18 Å². The zero-order chi connectivity index (χ0) is 16.5. The largest absolute Gasteiger partial charge is 0.465 e. The minimum Gasteiger partial charge on any atom is -0.465 e. The lowest BCUT2D eigenvalue weighted by Gasteiger charge is -2.39. The summed E-state index contributed by atoms with van der Waals surface area (Å²) in [5.74, 6) is -0.725. The van der Waals surface area contributed by atoms with Crippen LogP contribution in [0, 0.1) is 17.2 Å². The number of halogens is 1. The van der Waals surface area contributed by atoms with Gasteiger partial charge in [-0.1, -0.05) is 20.8 Å². The molecule has 22 heavy (non-hydrogen) atoms. The molecule has 2 atom stereocenters. The molecule has 1 aliphatic carbocycles. The van der Waals surface area contributed by atoms with Crippen molar-refractivity contribution in [2.75, 3.05) is 18.2 Å². The van der Waals surface area contributed by atoms with Crippen LogP contribution in [0.25, 0.3) is 0 Å². The molecule has 1 saturated carbocycles. The summed E-state index contributed by atoms with van der Waals surface area (Å²) in [6.07, 6.45) is 3.23. The second-order valence-corrected chi connectivity index (χ2v) is 7.17. The SMILES string of the molecule is COC(=O)c1cc(N)c(NC2CC(C)CC(C)(C)C2)cc1F. The van der Waals surface area contributed by atoms with Gasteiger partial charge in [-0.3, -0.25) is 0 Å². The topological polar surface area (TPSA) is 64.3 Å². The predicted octanol–water partition coefficient (Wildman–Crippen LogP) is 3.82. The highest BCUT2D eigenvalue weighted by molar-refractivity contribution is 5.92. The first-order chi connectivity index (χ1) is 10.2. The molecule has 0 amide bonds. The highest BCUT2D eigenvalue weighted by Crippen LogP contribution is 2.40. The van der Waals surface area contributed by atoms with Crippen LogP contribution in [0.1, 0.15) is 50.4 Å². The van der Waals surface area contributed by atoms with Crippen molar-refractivity contribution in [1.29, 1.82) is 0 Å². The Hall–Kier alpha value is -1.78. The van der Waals surface area contributed by atoms with E-state index >= 15 is 0 Å². The normalized spacial score (nSPS) is 23.9. The van der Waals surface area contributed by atoms with Gasteiger partial charge in [0.15, 0.2) is 0 Å². The van der Waals surface area contributed by atoms with Crippen molar-refractivity contribution in [2.24, 2.45) is 11.3 Å². The molecule has 5 heteroatoms. The van der Waals surface area contributed by atoms with E-state index in [4.69, 9.17) is 5.73 Å². The Morgan fingerprint density at radius 2 is 2.09 bits per heavy atom. The minimum absolute atomic E-state index is 0.136. The van der Waals surface area contributed by atoms with Crippen molar-refractivity contribution in [3.63, 3.8) is 0 Å². The van der Waals surface area contributed by atoms with Gasteiger partial charge in [0.2, 0.25) is 0 Å². The first-order valence-corrected chi connectivity index (χ1v) is 7.65. The number of anilines is 2. The molecule has 0 spiro atoms. The van der Waals surface area contributed by atoms with E-state index in [1.165, 1.54) is 25.7 Å². The third-order valence-electron chi connectivity index (χ3n) is 4.29. The number of methoxy groups -OCH3 is 1. The highest BCUT2D eigenvalue weighted by atomic mass is 19.1. The molecule has 1 aromatic rings. The van der Waals surface area contributed by atoms with E-state index in [2.05, 4.69) is 30.8 Å². The van der Waals surface area contributed by atoms with Gasteiger partial charge >= 0.3 is 5.97 Å². The molecule has 0 heterocycles. The lowest BCUT2D eigenvalue weighted by atomic mass is 9.70. The van der Waals surface area contributed by atoms with Crippen LogP contribution in [-0.4, -0.2) is 19.1 Å². The summed E-state index contributed by atoms with van der Waals surface area (Å²) in [5.41, 5.74) is 6.99. The van der Waals surface area contributed by atoms with Gasteiger partial charge in [-0.25, -0.2) is 9.18 Å². The molecule has 0 saturated heterocycles. The van der Waals surface area contributed by atoms with Gasteiger partial charge in [0.25, 0.3) is 0 Å². The standard InChI is InChI=1S/C17H25FN2O2/c1-10-5-11(9-17(2,3)8-10)20-15-7-13(18)12(6-14(15)19)16(21)22-4/h6-7,10-11,20H,5,8-9,19H2,1-4H3. The zero-order valence-corrected chi connectivity index (χ0v) is 13.7. The third kappa shape index (κ3) is 3.70. The molecule has 2 rings (SSSR count). The van der Waals surface area contributed by atoms with E-state index in [-0.39, 0.29) is 17.0 Å². The maximum absolute atomic E-state index is 14.1. The fourth-order valence-electron chi connectivity index (χ4n) is 3.66. The number of nitrogens with two attached hydrogens (primary N) is 1. The number of hydrogen-bond acceptors (Lipinski definition) is 4.